The van der Waals surface area contributed by atoms with Crippen molar-refractivity contribution >= 4 is 51.5 Å². The third kappa shape index (κ3) is 5.68. The molecule has 0 unspecified atom stereocenters. The summed E-state index contributed by atoms with van der Waals surface area (Å²) in [5.41, 5.74) is 0.807. The largest absolute Gasteiger partial charge is 0.493 e. The first kappa shape index (κ1) is 17.5. The van der Waals surface area contributed by atoms with Crippen LogP contribution in [0.3, 0.4) is 0 Å². The number of thiocarbonyl (C=S) groups is 1. The van der Waals surface area contributed by atoms with Crippen LogP contribution < -0.4 is 20.1 Å². The molecule has 7 heteroatoms. The molecule has 2 aromatic carbocycles. The molecule has 1 amide bonds. The van der Waals surface area contributed by atoms with Crippen LogP contribution >= 0.6 is 34.8 Å². The number of halogens is 1. The number of amides is 1. The zero-order valence-electron chi connectivity index (χ0n) is 12.3. The predicted octanol–water partition coefficient (Wildman–Crippen LogP) is 3.19. The molecule has 2 N–H and O–H groups in total. The van der Waals surface area contributed by atoms with Crippen LogP contribution in [0.25, 0.3) is 0 Å². The summed E-state index contributed by atoms with van der Waals surface area (Å²) in [5.74, 6) is 0.723. The van der Waals surface area contributed by atoms with Gasteiger partial charge in [0.1, 0.15) is 0 Å². The summed E-state index contributed by atoms with van der Waals surface area (Å²) in [4.78, 5) is 11.9. The van der Waals surface area contributed by atoms with Crippen LogP contribution in [0.1, 0.15) is 0 Å². The molecule has 0 fully saturated rings. The molecule has 0 aliphatic heterocycles. The summed E-state index contributed by atoms with van der Waals surface area (Å²) in [6, 6.07) is 14.8. The molecule has 0 saturated heterocycles. The van der Waals surface area contributed by atoms with Crippen molar-refractivity contribution in [3.05, 3.63) is 52.1 Å². The molecule has 0 atom stereocenters. The Morgan fingerprint density at radius 1 is 1.13 bits per heavy atom. The second-order valence-corrected chi connectivity index (χ2v) is 6.10. The highest BCUT2D eigenvalue weighted by atomic mass is 127. The number of hydrogen-bond acceptors (Lipinski definition) is 4. The number of nitrogens with one attached hydrogen (secondary N) is 2. The third-order valence-corrected chi connectivity index (χ3v) is 3.71. The lowest BCUT2D eigenvalue weighted by Gasteiger charge is -2.12. The zero-order valence-corrected chi connectivity index (χ0v) is 15.3. The van der Waals surface area contributed by atoms with Gasteiger partial charge in [-0.3, -0.25) is 10.1 Å². The number of rotatable bonds is 5. The Hall–Kier alpha value is -1.87. The van der Waals surface area contributed by atoms with E-state index in [9.17, 15) is 4.79 Å². The minimum Gasteiger partial charge on any atom is -0.493 e. The number of carbonyl (C=O) groups excluding carboxylic acids is 1. The normalized spacial score (nSPS) is 9.83. The van der Waals surface area contributed by atoms with Crippen LogP contribution in [0.15, 0.2) is 48.5 Å². The van der Waals surface area contributed by atoms with Gasteiger partial charge < -0.3 is 14.8 Å². The first-order chi connectivity index (χ1) is 11.1. The first-order valence-corrected chi connectivity index (χ1v) is 8.19. The van der Waals surface area contributed by atoms with Crippen molar-refractivity contribution in [2.75, 3.05) is 19.0 Å². The quantitative estimate of drug-likeness (QED) is 0.551. The van der Waals surface area contributed by atoms with Gasteiger partial charge in [-0.2, -0.15) is 0 Å². The summed E-state index contributed by atoms with van der Waals surface area (Å²) in [6.45, 7) is -0.158. The van der Waals surface area contributed by atoms with Crippen LogP contribution in [-0.2, 0) is 4.79 Å². The lowest BCUT2D eigenvalue weighted by Crippen LogP contribution is -2.37. The van der Waals surface area contributed by atoms with Gasteiger partial charge >= 0.3 is 0 Å². The maximum Gasteiger partial charge on any atom is 0.264 e. The second kappa shape index (κ2) is 8.68. The number of benzene rings is 2. The Bertz CT molecular complexity index is 692. The number of methoxy groups -OCH3 is 1. The maximum atomic E-state index is 11.9. The van der Waals surface area contributed by atoms with Gasteiger partial charge in [-0.05, 0) is 71.2 Å². The molecular weight excluding hydrogens is 427 g/mol. The smallest absolute Gasteiger partial charge is 0.264 e. The Morgan fingerprint density at radius 3 is 2.43 bits per heavy atom. The summed E-state index contributed by atoms with van der Waals surface area (Å²) in [6.07, 6.45) is 0. The zero-order chi connectivity index (χ0) is 16.7. The average Bonchev–Trinajstić information content (AvgIpc) is 2.55. The van der Waals surface area contributed by atoms with Crippen LogP contribution in [0.4, 0.5) is 5.69 Å². The SMILES string of the molecule is COc1ccccc1OCC(=O)NC(=S)Nc1ccc(I)cc1. The van der Waals surface area contributed by atoms with E-state index in [2.05, 4.69) is 33.2 Å². The van der Waals surface area contributed by atoms with Crippen LogP contribution in [0.5, 0.6) is 11.5 Å². The third-order valence-electron chi connectivity index (χ3n) is 2.78. The van der Waals surface area contributed by atoms with E-state index in [0.29, 0.717) is 11.5 Å². The molecule has 0 aliphatic rings. The molecular formula is C16H15IN2O3S. The van der Waals surface area contributed by atoms with Crippen molar-refractivity contribution < 1.29 is 14.3 Å². The average molecular weight is 442 g/mol. The van der Waals surface area contributed by atoms with Gasteiger partial charge in [0, 0.05) is 9.26 Å². The Labute approximate surface area is 153 Å². The Balaban J connectivity index is 1.82. The fraction of sp³-hybridized carbons (Fsp3) is 0.125. The lowest BCUT2D eigenvalue weighted by atomic mass is 10.3. The molecule has 0 aliphatic carbocycles. The molecule has 2 aromatic rings. The molecule has 120 valence electrons. The van der Waals surface area contributed by atoms with Crippen LogP contribution in [0, 0.1) is 3.57 Å². The molecule has 0 bridgehead atoms. The number of para-hydroxylation sites is 2. The molecule has 0 spiro atoms. The second-order valence-electron chi connectivity index (χ2n) is 4.45. The molecule has 0 heterocycles. The van der Waals surface area contributed by atoms with Crippen molar-refractivity contribution in [1.82, 2.24) is 5.32 Å². The van der Waals surface area contributed by atoms with Crippen LogP contribution in [-0.4, -0.2) is 24.7 Å². The van der Waals surface area contributed by atoms with Gasteiger partial charge in [0.15, 0.2) is 23.2 Å². The van der Waals surface area contributed by atoms with Crippen molar-refractivity contribution in [2.24, 2.45) is 0 Å². The minimum absolute atomic E-state index is 0.158. The molecule has 0 saturated carbocycles. The monoisotopic (exact) mass is 442 g/mol. The van der Waals surface area contributed by atoms with E-state index in [1.165, 1.54) is 0 Å². The molecule has 2 rings (SSSR count). The van der Waals surface area contributed by atoms with Crippen molar-refractivity contribution in [3.63, 3.8) is 0 Å². The standard InChI is InChI=1S/C16H15IN2O3S/c1-21-13-4-2-3-5-14(13)22-10-15(20)19-16(23)18-12-8-6-11(17)7-9-12/h2-9H,10H2,1H3,(H2,18,19,20,23). The minimum atomic E-state index is -0.348. The number of carbonyl (C=O) groups is 1. The van der Waals surface area contributed by atoms with E-state index >= 15 is 0 Å². The van der Waals surface area contributed by atoms with Crippen molar-refractivity contribution in [3.8, 4) is 11.5 Å². The summed E-state index contributed by atoms with van der Waals surface area (Å²) in [5, 5.41) is 5.72. The maximum absolute atomic E-state index is 11.9. The number of hydrogen-bond donors (Lipinski definition) is 2. The summed E-state index contributed by atoms with van der Waals surface area (Å²) >= 11 is 7.31. The van der Waals surface area contributed by atoms with Gasteiger partial charge in [-0.25, -0.2) is 0 Å². The number of anilines is 1. The Kier molecular flexibility index (Phi) is 6.60. The van der Waals surface area contributed by atoms with Gasteiger partial charge in [-0.1, -0.05) is 12.1 Å². The fourth-order valence-electron chi connectivity index (χ4n) is 1.74. The Morgan fingerprint density at radius 2 is 1.78 bits per heavy atom. The van der Waals surface area contributed by atoms with E-state index in [1.807, 2.05) is 30.3 Å². The van der Waals surface area contributed by atoms with E-state index in [0.717, 1.165) is 9.26 Å². The van der Waals surface area contributed by atoms with Crippen molar-refractivity contribution in [2.45, 2.75) is 0 Å². The molecule has 5 nitrogen and oxygen atoms in total. The highest BCUT2D eigenvalue weighted by molar-refractivity contribution is 14.1. The topological polar surface area (TPSA) is 59.6 Å². The van der Waals surface area contributed by atoms with E-state index in [1.54, 1.807) is 25.3 Å². The summed E-state index contributed by atoms with van der Waals surface area (Å²) in [7, 11) is 1.54. The molecule has 0 radical (unpaired) electrons. The lowest BCUT2D eigenvalue weighted by molar-refractivity contribution is -0.121. The predicted molar refractivity (Wildman–Crippen MR) is 102 cm³/mol. The van der Waals surface area contributed by atoms with Crippen LogP contribution in [0.2, 0.25) is 0 Å². The fourth-order valence-corrected chi connectivity index (χ4v) is 2.33. The van der Waals surface area contributed by atoms with Gasteiger partial charge in [0.05, 0.1) is 7.11 Å². The molecule has 23 heavy (non-hydrogen) atoms. The number of ether oxygens (including phenoxy) is 2. The van der Waals surface area contributed by atoms with E-state index < -0.39 is 0 Å². The first-order valence-electron chi connectivity index (χ1n) is 6.70. The van der Waals surface area contributed by atoms with Gasteiger partial charge in [0.2, 0.25) is 0 Å². The van der Waals surface area contributed by atoms with E-state index in [4.69, 9.17) is 21.7 Å². The van der Waals surface area contributed by atoms with Crippen molar-refractivity contribution in [1.29, 1.82) is 0 Å². The van der Waals surface area contributed by atoms with Gasteiger partial charge in [0.25, 0.3) is 5.91 Å². The summed E-state index contributed by atoms with van der Waals surface area (Å²) < 4.78 is 11.7. The highest BCUT2D eigenvalue weighted by Gasteiger charge is 2.08. The van der Waals surface area contributed by atoms with Gasteiger partial charge in [-0.15, -0.1) is 0 Å². The highest BCUT2D eigenvalue weighted by Crippen LogP contribution is 2.25. The molecule has 0 aromatic heterocycles. The van der Waals surface area contributed by atoms with E-state index in [-0.39, 0.29) is 17.6 Å².